The number of H-pyrrole nitrogens is 1. The predicted molar refractivity (Wildman–Crippen MR) is 112 cm³/mol. The number of ether oxygens (including phenoxy) is 1. The molecule has 1 N–H and O–H groups in total. The molecule has 0 saturated heterocycles. The van der Waals surface area contributed by atoms with Gasteiger partial charge in [-0.3, -0.25) is 19.7 Å². The molecule has 1 aliphatic rings. The molecule has 2 aromatic heterocycles. The van der Waals surface area contributed by atoms with E-state index >= 15 is 0 Å². The molecule has 0 fully saturated rings. The van der Waals surface area contributed by atoms with Crippen molar-refractivity contribution in [2.45, 2.75) is 24.7 Å². The first kappa shape index (κ1) is 20.2. The standard InChI is InChI=1S/C21H22N4O4S/c1-29-16-8-6-14(7-9-16)18-5-3-4-15(22-18)12-25-11-10-19-17(13-25)20(26)24-21(23-19)30(2,27)28/h3-9H,10-13H2,1-2H3,(H,23,24,26). The van der Waals surface area contributed by atoms with Crippen LogP contribution in [-0.4, -0.2) is 48.2 Å². The van der Waals surface area contributed by atoms with Gasteiger partial charge in [-0.25, -0.2) is 13.4 Å². The van der Waals surface area contributed by atoms with E-state index in [4.69, 9.17) is 9.72 Å². The number of sulfone groups is 1. The van der Waals surface area contributed by atoms with E-state index < -0.39 is 15.4 Å². The maximum absolute atomic E-state index is 12.4. The third-order valence-electron chi connectivity index (χ3n) is 5.06. The van der Waals surface area contributed by atoms with Gasteiger partial charge in [0.05, 0.1) is 29.8 Å². The van der Waals surface area contributed by atoms with Gasteiger partial charge in [-0.1, -0.05) is 6.07 Å². The number of fused-ring (bicyclic) bond motifs is 1. The van der Waals surface area contributed by atoms with E-state index in [2.05, 4.69) is 14.9 Å². The Kier molecular flexibility index (Phi) is 5.40. The third kappa shape index (κ3) is 4.27. The summed E-state index contributed by atoms with van der Waals surface area (Å²) in [6.07, 6.45) is 1.55. The quantitative estimate of drug-likeness (QED) is 0.620. The van der Waals surface area contributed by atoms with Crippen LogP contribution in [0.2, 0.25) is 0 Å². The molecule has 9 heteroatoms. The second-order valence-corrected chi connectivity index (χ2v) is 9.20. The monoisotopic (exact) mass is 426 g/mol. The van der Waals surface area contributed by atoms with Crippen LogP contribution in [-0.2, 0) is 29.3 Å². The molecule has 30 heavy (non-hydrogen) atoms. The Hall–Kier alpha value is -3.04. The number of aromatic amines is 1. The molecule has 0 unspecified atom stereocenters. The molecule has 1 aliphatic heterocycles. The van der Waals surface area contributed by atoms with Crippen molar-refractivity contribution in [2.24, 2.45) is 0 Å². The minimum atomic E-state index is -3.55. The number of hydrogen-bond donors (Lipinski definition) is 1. The Morgan fingerprint density at radius 3 is 2.60 bits per heavy atom. The molecule has 0 atom stereocenters. The topological polar surface area (TPSA) is 105 Å². The average Bonchev–Trinajstić information content (AvgIpc) is 2.73. The number of nitrogens with one attached hydrogen (secondary N) is 1. The van der Waals surface area contributed by atoms with Crippen molar-refractivity contribution >= 4 is 9.84 Å². The number of rotatable bonds is 5. The molecular formula is C21H22N4O4S. The van der Waals surface area contributed by atoms with Gasteiger partial charge in [0, 0.05) is 37.9 Å². The second-order valence-electron chi connectivity index (χ2n) is 7.27. The first-order chi connectivity index (χ1) is 14.3. The number of benzene rings is 1. The van der Waals surface area contributed by atoms with Crippen molar-refractivity contribution in [3.8, 4) is 17.0 Å². The van der Waals surface area contributed by atoms with Crippen molar-refractivity contribution < 1.29 is 13.2 Å². The molecule has 156 valence electrons. The summed E-state index contributed by atoms with van der Waals surface area (Å²) in [6, 6.07) is 13.6. The van der Waals surface area contributed by atoms with Gasteiger partial charge in [0.1, 0.15) is 5.75 Å². The van der Waals surface area contributed by atoms with Crippen LogP contribution in [0.25, 0.3) is 11.3 Å². The molecule has 0 radical (unpaired) electrons. The number of aromatic nitrogens is 3. The maximum Gasteiger partial charge on any atom is 0.256 e. The normalized spacial score (nSPS) is 14.3. The molecule has 0 aliphatic carbocycles. The van der Waals surface area contributed by atoms with E-state index in [0.717, 1.165) is 29.0 Å². The van der Waals surface area contributed by atoms with Gasteiger partial charge in [0.15, 0.2) is 0 Å². The molecule has 0 amide bonds. The van der Waals surface area contributed by atoms with Crippen LogP contribution in [0.3, 0.4) is 0 Å². The molecule has 3 aromatic rings. The van der Waals surface area contributed by atoms with Crippen LogP contribution < -0.4 is 10.3 Å². The zero-order valence-corrected chi connectivity index (χ0v) is 17.6. The fraction of sp³-hybridized carbons (Fsp3) is 0.286. The van der Waals surface area contributed by atoms with Gasteiger partial charge in [0.2, 0.25) is 15.0 Å². The summed E-state index contributed by atoms with van der Waals surface area (Å²) >= 11 is 0. The fourth-order valence-electron chi connectivity index (χ4n) is 3.49. The van der Waals surface area contributed by atoms with Crippen molar-refractivity contribution in [1.82, 2.24) is 19.9 Å². The van der Waals surface area contributed by atoms with Gasteiger partial charge in [-0.15, -0.1) is 0 Å². The minimum Gasteiger partial charge on any atom is -0.497 e. The molecule has 4 rings (SSSR count). The van der Waals surface area contributed by atoms with Crippen LogP contribution in [0.5, 0.6) is 5.75 Å². The largest absolute Gasteiger partial charge is 0.497 e. The lowest BCUT2D eigenvalue weighted by Gasteiger charge is -2.27. The SMILES string of the molecule is COc1ccc(-c2cccc(CN3CCc4nc(S(C)(=O)=O)[nH]c(=O)c4C3)n2)cc1. The van der Waals surface area contributed by atoms with Crippen LogP contribution in [0.1, 0.15) is 17.0 Å². The van der Waals surface area contributed by atoms with Crippen molar-refractivity contribution in [2.75, 3.05) is 19.9 Å². The van der Waals surface area contributed by atoms with E-state index in [1.54, 1.807) is 7.11 Å². The summed E-state index contributed by atoms with van der Waals surface area (Å²) in [5.74, 6) is 0.791. The van der Waals surface area contributed by atoms with E-state index in [-0.39, 0.29) is 5.16 Å². The lowest BCUT2D eigenvalue weighted by molar-refractivity contribution is 0.238. The number of methoxy groups -OCH3 is 1. The van der Waals surface area contributed by atoms with Crippen LogP contribution >= 0.6 is 0 Å². The summed E-state index contributed by atoms with van der Waals surface area (Å²) in [5.41, 5.74) is 3.42. The molecular weight excluding hydrogens is 404 g/mol. The Balaban J connectivity index is 1.53. The Morgan fingerprint density at radius 2 is 1.90 bits per heavy atom. The number of nitrogens with zero attached hydrogens (tertiary/aromatic N) is 3. The summed E-state index contributed by atoms with van der Waals surface area (Å²) in [4.78, 5) is 25.8. The van der Waals surface area contributed by atoms with E-state index in [1.807, 2.05) is 42.5 Å². The molecule has 1 aromatic carbocycles. The van der Waals surface area contributed by atoms with Gasteiger partial charge in [-0.05, 0) is 36.4 Å². The Labute approximate surface area is 174 Å². The molecule has 0 spiro atoms. The third-order valence-corrected chi connectivity index (χ3v) is 5.95. The summed E-state index contributed by atoms with van der Waals surface area (Å²) < 4.78 is 28.6. The zero-order chi connectivity index (χ0) is 21.3. The lowest BCUT2D eigenvalue weighted by Crippen LogP contribution is -2.36. The Morgan fingerprint density at radius 1 is 1.13 bits per heavy atom. The fourth-order valence-corrected chi connectivity index (χ4v) is 4.04. The predicted octanol–water partition coefficient (Wildman–Crippen LogP) is 1.80. The number of pyridine rings is 1. The van der Waals surface area contributed by atoms with E-state index in [1.165, 1.54) is 0 Å². The van der Waals surface area contributed by atoms with Crippen LogP contribution in [0.4, 0.5) is 0 Å². The van der Waals surface area contributed by atoms with E-state index in [0.29, 0.717) is 37.3 Å². The first-order valence-corrected chi connectivity index (χ1v) is 11.4. The highest BCUT2D eigenvalue weighted by Crippen LogP contribution is 2.22. The summed E-state index contributed by atoms with van der Waals surface area (Å²) in [6.45, 7) is 1.65. The van der Waals surface area contributed by atoms with Gasteiger partial charge in [-0.2, -0.15) is 0 Å². The smallest absolute Gasteiger partial charge is 0.256 e. The van der Waals surface area contributed by atoms with Gasteiger partial charge < -0.3 is 4.74 Å². The Bertz CT molecular complexity index is 1240. The lowest BCUT2D eigenvalue weighted by atomic mass is 10.1. The summed E-state index contributed by atoms with van der Waals surface area (Å²) in [5, 5.41) is -0.270. The molecule has 8 nitrogen and oxygen atoms in total. The van der Waals surface area contributed by atoms with Gasteiger partial charge in [0.25, 0.3) is 5.56 Å². The average molecular weight is 426 g/mol. The highest BCUT2D eigenvalue weighted by atomic mass is 32.2. The molecule has 3 heterocycles. The zero-order valence-electron chi connectivity index (χ0n) is 16.8. The highest BCUT2D eigenvalue weighted by molar-refractivity contribution is 7.90. The van der Waals surface area contributed by atoms with Crippen molar-refractivity contribution in [3.63, 3.8) is 0 Å². The minimum absolute atomic E-state index is 0.270. The number of hydrogen-bond acceptors (Lipinski definition) is 7. The second kappa shape index (κ2) is 8.00. The van der Waals surface area contributed by atoms with Crippen LogP contribution in [0, 0.1) is 0 Å². The highest BCUT2D eigenvalue weighted by Gasteiger charge is 2.23. The first-order valence-electron chi connectivity index (χ1n) is 9.48. The van der Waals surface area contributed by atoms with Crippen LogP contribution in [0.15, 0.2) is 52.4 Å². The maximum atomic E-state index is 12.4. The molecule has 0 saturated carbocycles. The summed E-state index contributed by atoms with van der Waals surface area (Å²) in [7, 11) is -1.92. The van der Waals surface area contributed by atoms with Crippen molar-refractivity contribution in [1.29, 1.82) is 0 Å². The van der Waals surface area contributed by atoms with E-state index in [9.17, 15) is 13.2 Å². The van der Waals surface area contributed by atoms with Gasteiger partial charge >= 0.3 is 0 Å². The van der Waals surface area contributed by atoms with Crippen molar-refractivity contribution in [3.05, 3.63) is 69.8 Å². The molecule has 0 bridgehead atoms.